The third-order valence-corrected chi connectivity index (χ3v) is 3.06. The fourth-order valence-electron chi connectivity index (χ4n) is 2.17. The summed E-state index contributed by atoms with van der Waals surface area (Å²) >= 11 is 0. The van der Waals surface area contributed by atoms with Crippen molar-refractivity contribution in [1.29, 1.82) is 0 Å². The van der Waals surface area contributed by atoms with Gasteiger partial charge in [-0.3, -0.25) is 0 Å². The van der Waals surface area contributed by atoms with E-state index in [4.69, 9.17) is 4.74 Å². The quantitative estimate of drug-likeness (QED) is 0.526. The van der Waals surface area contributed by atoms with E-state index in [-0.39, 0.29) is 18.8 Å². The van der Waals surface area contributed by atoms with Gasteiger partial charge in [0, 0.05) is 19.4 Å². The summed E-state index contributed by atoms with van der Waals surface area (Å²) in [5.74, 6) is -2.32. The van der Waals surface area contributed by atoms with E-state index in [1.807, 2.05) is 6.08 Å². The SMILES string of the molecule is C=CCCOCCNCC1CCCC(F)(F)C1. The van der Waals surface area contributed by atoms with Crippen LogP contribution in [0.25, 0.3) is 0 Å². The van der Waals surface area contributed by atoms with E-state index < -0.39 is 5.92 Å². The van der Waals surface area contributed by atoms with E-state index in [2.05, 4.69) is 11.9 Å². The normalized spacial score (nSPS) is 23.5. The van der Waals surface area contributed by atoms with Gasteiger partial charge in [0.25, 0.3) is 0 Å². The van der Waals surface area contributed by atoms with E-state index in [1.54, 1.807) is 0 Å². The molecule has 0 aliphatic heterocycles. The molecule has 0 radical (unpaired) electrons. The van der Waals surface area contributed by atoms with Crippen molar-refractivity contribution in [1.82, 2.24) is 5.32 Å². The molecule has 1 unspecified atom stereocenters. The van der Waals surface area contributed by atoms with Gasteiger partial charge in [-0.05, 0) is 31.7 Å². The molecule has 0 heterocycles. The number of hydrogen-bond donors (Lipinski definition) is 1. The highest BCUT2D eigenvalue weighted by Gasteiger charge is 2.35. The average Bonchev–Trinajstić information content (AvgIpc) is 2.27. The van der Waals surface area contributed by atoms with Crippen LogP contribution in [0.15, 0.2) is 12.7 Å². The molecular formula is C13H23F2NO. The number of ether oxygens (including phenoxy) is 1. The molecule has 4 heteroatoms. The minimum Gasteiger partial charge on any atom is -0.380 e. The highest BCUT2D eigenvalue weighted by atomic mass is 19.3. The second-order valence-corrected chi connectivity index (χ2v) is 4.71. The van der Waals surface area contributed by atoms with Gasteiger partial charge in [-0.15, -0.1) is 6.58 Å². The van der Waals surface area contributed by atoms with Gasteiger partial charge in [-0.1, -0.05) is 6.08 Å². The summed E-state index contributed by atoms with van der Waals surface area (Å²) in [6, 6.07) is 0. The number of hydrogen-bond acceptors (Lipinski definition) is 2. The van der Waals surface area contributed by atoms with Crippen molar-refractivity contribution in [3.05, 3.63) is 12.7 Å². The number of nitrogens with one attached hydrogen (secondary N) is 1. The van der Waals surface area contributed by atoms with Crippen LogP contribution in [0.5, 0.6) is 0 Å². The van der Waals surface area contributed by atoms with Gasteiger partial charge in [0.05, 0.1) is 13.2 Å². The average molecular weight is 247 g/mol. The van der Waals surface area contributed by atoms with Crippen LogP contribution in [0.2, 0.25) is 0 Å². The molecule has 0 aromatic heterocycles. The van der Waals surface area contributed by atoms with Gasteiger partial charge in [-0.2, -0.15) is 0 Å². The molecule has 1 rings (SSSR count). The molecule has 2 nitrogen and oxygen atoms in total. The lowest BCUT2D eigenvalue weighted by atomic mass is 9.86. The lowest BCUT2D eigenvalue weighted by molar-refractivity contribution is -0.0520. The first-order valence-electron chi connectivity index (χ1n) is 6.41. The van der Waals surface area contributed by atoms with E-state index in [0.717, 1.165) is 19.4 Å². The van der Waals surface area contributed by atoms with Crippen molar-refractivity contribution in [3.63, 3.8) is 0 Å². The minimum atomic E-state index is -2.44. The number of halogens is 2. The third kappa shape index (κ3) is 6.74. The second-order valence-electron chi connectivity index (χ2n) is 4.71. The first kappa shape index (κ1) is 14.6. The lowest BCUT2D eigenvalue weighted by Gasteiger charge is -2.28. The standard InChI is InChI=1S/C13H23F2NO/c1-2-3-8-17-9-7-16-11-12-5-4-6-13(14,15)10-12/h2,12,16H,1,3-11H2. The summed E-state index contributed by atoms with van der Waals surface area (Å²) < 4.78 is 31.5. The Kier molecular flexibility index (Phi) is 6.66. The van der Waals surface area contributed by atoms with Crippen molar-refractivity contribution in [3.8, 4) is 0 Å². The maximum Gasteiger partial charge on any atom is 0.248 e. The topological polar surface area (TPSA) is 21.3 Å². The van der Waals surface area contributed by atoms with Crippen LogP contribution in [0.3, 0.4) is 0 Å². The Morgan fingerprint density at radius 2 is 2.24 bits per heavy atom. The fourth-order valence-corrected chi connectivity index (χ4v) is 2.17. The van der Waals surface area contributed by atoms with Crippen molar-refractivity contribution >= 4 is 0 Å². The Hall–Kier alpha value is -0.480. The summed E-state index contributed by atoms with van der Waals surface area (Å²) in [6.07, 6.45) is 4.34. The van der Waals surface area contributed by atoms with Gasteiger partial charge in [0.1, 0.15) is 0 Å². The predicted molar refractivity (Wildman–Crippen MR) is 65.4 cm³/mol. The molecule has 1 N–H and O–H groups in total. The van der Waals surface area contributed by atoms with E-state index in [9.17, 15) is 8.78 Å². The van der Waals surface area contributed by atoms with Crippen LogP contribution in [0.4, 0.5) is 8.78 Å². The Morgan fingerprint density at radius 1 is 1.41 bits per heavy atom. The Morgan fingerprint density at radius 3 is 2.94 bits per heavy atom. The summed E-state index contributed by atoms with van der Waals surface area (Å²) in [5.41, 5.74) is 0. The van der Waals surface area contributed by atoms with Crippen LogP contribution in [0.1, 0.15) is 32.1 Å². The van der Waals surface area contributed by atoms with Crippen molar-refractivity contribution in [2.75, 3.05) is 26.3 Å². The van der Waals surface area contributed by atoms with Crippen LogP contribution in [-0.4, -0.2) is 32.2 Å². The fraction of sp³-hybridized carbons (Fsp3) is 0.846. The van der Waals surface area contributed by atoms with Crippen LogP contribution >= 0.6 is 0 Å². The van der Waals surface area contributed by atoms with E-state index in [1.165, 1.54) is 0 Å². The molecule has 17 heavy (non-hydrogen) atoms. The van der Waals surface area contributed by atoms with Gasteiger partial charge in [-0.25, -0.2) is 8.78 Å². The summed E-state index contributed by atoms with van der Waals surface area (Å²) in [4.78, 5) is 0. The smallest absolute Gasteiger partial charge is 0.248 e. The van der Waals surface area contributed by atoms with E-state index in [0.29, 0.717) is 26.2 Å². The zero-order valence-electron chi connectivity index (χ0n) is 10.4. The highest BCUT2D eigenvalue weighted by Crippen LogP contribution is 2.36. The van der Waals surface area contributed by atoms with Crippen LogP contribution < -0.4 is 5.32 Å². The summed E-state index contributed by atoms with van der Waals surface area (Å²) in [6.45, 7) is 6.34. The zero-order valence-corrected chi connectivity index (χ0v) is 10.4. The minimum absolute atomic E-state index is 0.0390. The van der Waals surface area contributed by atoms with Gasteiger partial charge >= 0.3 is 0 Å². The summed E-state index contributed by atoms with van der Waals surface area (Å²) in [5, 5.41) is 3.19. The summed E-state index contributed by atoms with van der Waals surface area (Å²) in [7, 11) is 0. The third-order valence-electron chi connectivity index (χ3n) is 3.06. The van der Waals surface area contributed by atoms with Gasteiger partial charge in [0.2, 0.25) is 5.92 Å². The molecule has 0 aromatic rings. The molecule has 1 aliphatic carbocycles. The van der Waals surface area contributed by atoms with Crippen LogP contribution in [0, 0.1) is 5.92 Å². The van der Waals surface area contributed by atoms with Crippen LogP contribution in [-0.2, 0) is 4.74 Å². The number of rotatable bonds is 8. The lowest BCUT2D eigenvalue weighted by Crippen LogP contribution is -2.33. The van der Waals surface area contributed by atoms with Crippen molar-refractivity contribution < 1.29 is 13.5 Å². The van der Waals surface area contributed by atoms with Gasteiger partial charge in [0.15, 0.2) is 0 Å². The molecule has 0 aromatic carbocycles. The van der Waals surface area contributed by atoms with Crippen molar-refractivity contribution in [2.45, 2.75) is 38.0 Å². The largest absolute Gasteiger partial charge is 0.380 e. The molecular weight excluding hydrogens is 224 g/mol. The molecule has 1 aliphatic rings. The Bertz CT molecular complexity index is 221. The molecule has 1 saturated carbocycles. The Labute approximate surface area is 102 Å². The van der Waals surface area contributed by atoms with Gasteiger partial charge < -0.3 is 10.1 Å². The molecule has 0 saturated heterocycles. The molecule has 1 fully saturated rings. The zero-order chi connectivity index (χ0) is 12.6. The van der Waals surface area contributed by atoms with Crippen molar-refractivity contribution in [2.24, 2.45) is 5.92 Å². The predicted octanol–water partition coefficient (Wildman–Crippen LogP) is 2.99. The van der Waals surface area contributed by atoms with E-state index >= 15 is 0 Å². The monoisotopic (exact) mass is 247 g/mol. The second kappa shape index (κ2) is 7.77. The Balaban J connectivity index is 1.97. The first-order valence-corrected chi connectivity index (χ1v) is 6.41. The molecule has 100 valence electrons. The molecule has 0 bridgehead atoms. The first-order chi connectivity index (χ1) is 8.14. The number of alkyl halides is 2. The highest BCUT2D eigenvalue weighted by molar-refractivity contribution is 4.79. The molecule has 1 atom stereocenters. The molecule has 0 amide bonds. The maximum atomic E-state index is 13.1. The maximum absolute atomic E-state index is 13.1. The molecule has 0 spiro atoms.